The van der Waals surface area contributed by atoms with E-state index in [9.17, 15) is 0 Å². The first kappa shape index (κ1) is 18.6. The van der Waals surface area contributed by atoms with Crippen LogP contribution in [0.3, 0.4) is 0 Å². The van der Waals surface area contributed by atoms with Crippen LogP contribution in [0.2, 0.25) is 0 Å². The molecule has 5 aromatic carbocycles. The van der Waals surface area contributed by atoms with Crippen LogP contribution < -0.4 is 0 Å². The second-order valence-electron chi connectivity index (χ2n) is 10.7. The molecule has 0 N–H and O–H groups in total. The Kier molecular flexibility index (Phi) is 3.59. The molecule has 152 valence electrons. The van der Waals surface area contributed by atoms with Crippen molar-refractivity contribution in [3.63, 3.8) is 0 Å². The molecule has 5 aromatic rings. The van der Waals surface area contributed by atoms with Crippen molar-refractivity contribution in [3.8, 4) is 11.1 Å². The quantitative estimate of drug-likeness (QED) is 0.228. The zero-order valence-electron chi connectivity index (χ0n) is 19.0. The lowest BCUT2D eigenvalue weighted by atomic mass is 9.78. The molecule has 0 nitrogen and oxygen atoms in total. The first-order chi connectivity index (χ1) is 14.8. The molecule has 0 radical (unpaired) electrons. The lowest BCUT2D eigenvalue weighted by Gasteiger charge is -2.25. The summed E-state index contributed by atoms with van der Waals surface area (Å²) in [7, 11) is 0. The summed E-state index contributed by atoms with van der Waals surface area (Å²) in [5, 5.41) is 8.10. The van der Waals surface area contributed by atoms with Crippen molar-refractivity contribution >= 4 is 32.3 Å². The maximum atomic E-state index is 2.48. The third kappa shape index (κ3) is 2.48. The molecule has 0 saturated carbocycles. The van der Waals surface area contributed by atoms with Crippen molar-refractivity contribution in [2.45, 2.75) is 45.4 Å². The standard InChI is InChI=1S/C31H28/c1-30(2,3)19-14-15-24-27-17-25-22-12-8-6-10-20(22)21-11-7-9-13-23(21)26(25)18-29(27)31(4,5)28(24)16-19/h6-18H,1-5H3. The van der Waals surface area contributed by atoms with Gasteiger partial charge in [-0.1, -0.05) is 101 Å². The fraction of sp³-hybridized carbons (Fsp3) is 0.226. The van der Waals surface area contributed by atoms with Crippen LogP contribution >= 0.6 is 0 Å². The number of rotatable bonds is 0. The van der Waals surface area contributed by atoms with Crippen LogP contribution in [0, 0.1) is 0 Å². The molecular formula is C31H28. The van der Waals surface area contributed by atoms with E-state index in [1.54, 1.807) is 0 Å². The Morgan fingerprint density at radius 1 is 0.516 bits per heavy atom. The molecule has 0 saturated heterocycles. The molecule has 1 aliphatic rings. The summed E-state index contributed by atoms with van der Waals surface area (Å²) in [6.45, 7) is 11.7. The van der Waals surface area contributed by atoms with E-state index in [0.29, 0.717) is 0 Å². The number of benzene rings is 5. The van der Waals surface area contributed by atoms with E-state index >= 15 is 0 Å². The number of hydrogen-bond donors (Lipinski definition) is 0. The highest BCUT2D eigenvalue weighted by Gasteiger charge is 2.36. The number of fused-ring (bicyclic) bond motifs is 9. The number of hydrogen-bond acceptors (Lipinski definition) is 0. The summed E-state index contributed by atoms with van der Waals surface area (Å²) < 4.78 is 0. The van der Waals surface area contributed by atoms with E-state index in [4.69, 9.17) is 0 Å². The van der Waals surface area contributed by atoms with Crippen molar-refractivity contribution in [1.29, 1.82) is 0 Å². The van der Waals surface area contributed by atoms with Crippen molar-refractivity contribution in [2.24, 2.45) is 0 Å². The molecule has 31 heavy (non-hydrogen) atoms. The van der Waals surface area contributed by atoms with Gasteiger partial charge in [-0.15, -0.1) is 0 Å². The molecule has 0 fully saturated rings. The Hall–Kier alpha value is -3.12. The predicted molar refractivity (Wildman–Crippen MR) is 135 cm³/mol. The minimum absolute atomic E-state index is 0.00708. The van der Waals surface area contributed by atoms with E-state index in [-0.39, 0.29) is 10.8 Å². The lowest BCUT2D eigenvalue weighted by molar-refractivity contribution is 0.585. The van der Waals surface area contributed by atoms with Gasteiger partial charge in [0.25, 0.3) is 0 Å². The van der Waals surface area contributed by atoms with Gasteiger partial charge < -0.3 is 0 Å². The zero-order chi connectivity index (χ0) is 21.5. The summed E-state index contributed by atoms with van der Waals surface area (Å²) in [6.07, 6.45) is 0. The summed E-state index contributed by atoms with van der Waals surface area (Å²) in [5.41, 5.74) is 7.25. The van der Waals surface area contributed by atoms with Gasteiger partial charge in [-0.05, 0) is 77.7 Å². The van der Waals surface area contributed by atoms with Gasteiger partial charge in [0, 0.05) is 5.41 Å². The summed E-state index contributed by atoms with van der Waals surface area (Å²) in [5.74, 6) is 0. The SMILES string of the molecule is CC(C)(C)c1ccc2c(c1)C(C)(C)c1cc3c4ccccc4c4ccccc4c3cc1-2. The predicted octanol–water partition coefficient (Wildman–Crippen LogP) is 8.75. The largest absolute Gasteiger partial charge is 0.0616 e. The second kappa shape index (κ2) is 5.98. The topological polar surface area (TPSA) is 0 Å². The smallest absolute Gasteiger partial charge is 0.0159 e. The third-order valence-corrected chi connectivity index (χ3v) is 7.40. The van der Waals surface area contributed by atoms with Gasteiger partial charge in [0.2, 0.25) is 0 Å². The van der Waals surface area contributed by atoms with Gasteiger partial charge in [-0.25, -0.2) is 0 Å². The van der Waals surface area contributed by atoms with E-state index in [1.165, 1.54) is 60.1 Å². The molecule has 0 aliphatic heterocycles. The average molecular weight is 401 g/mol. The highest BCUT2D eigenvalue weighted by Crippen LogP contribution is 2.52. The first-order valence-electron chi connectivity index (χ1n) is 11.3. The molecule has 6 rings (SSSR count). The highest BCUT2D eigenvalue weighted by atomic mass is 14.4. The van der Waals surface area contributed by atoms with E-state index in [2.05, 4.69) is 113 Å². The van der Waals surface area contributed by atoms with Crippen LogP contribution in [0.4, 0.5) is 0 Å². The zero-order valence-corrected chi connectivity index (χ0v) is 19.0. The minimum atomic E-state index is -0.00708. The second-order valence-corrected chi connectivity index (χ2v) is 10.7. The third-order valence-electron chi connectivity index (χ3n) is 7.40. The molecule has 0 unspecified atom stereocenters. The lowest BCUT2D eigenvalue weighted by Crippen LogP contribution is -2.17. The Bertz CT molecular complexity index is 1520. The maximum absolute atomic E-state index is 2.48. The van der Waals surface area contributed by atoms with Crippen molar-refractivity contribution in [3.05, 3.63) is 95.6 Å². The summed E-state index contributed by atoms with van der Waals surface area (Å²) in [4.78, 5) is 0. The van der Waals surface area contributed by atoms with Gasteiger partial charge in [0.15, 0.2) is 0 Å². The van der Waals surface area contributed by atoms with Gasteiger partial charge >= 0.3 is 0 Å². The van der Waals surface area contributed by atoms with Gasteiger partial charge in [0.05, 0.1) is 0 Å². The molecular weight excluding hydrogens is 372 g/mol. The molecule has 0 spiro atoms. The summed E-state index contributed by atoms with van der Waals surface area (Å²) in [6, 6.07) is 29.8. The van der Waals surface area contributed by atoms with Crippen LogP contribution in [-0.2, 0) is 10.8 Å². The van der Waals surface area contributed by atoms with Crippen LogP contribution in [-0.4, -0.2) is 0 Å². The van der Waals surface area contributed by atoms with E-state index in [0.717, 1.165) is 0 Å². The molecule has 0 heteroatoms. The first-order valence-corrected chi connectivity index (χ1v) is 11.3. The van der Waals surface area contributed by atoms with Gasteiger partial charge in [-0.2, -0.15) is 0 Å². The normalized spacial score (nSPS) is 14.9. The van der Waals surface area contributed by atoms with Crippen LogP contribution in [0.15, 0.2) is 78.9 Å². The van der Waals surface area contributed by atoms with Gasteiger partial charge in [-0.3, -0.25) is 0 Å². The Balaban J connectivity index is 1.76. The maximum Gasteiger partial charge on any atom is 0.0159 e. The molecule has 1 aliphatic carbocycles. The molecule has 0 aromatic heterocycles. The van der Waals surface area contributed by atoms with Crippen molar-refractivity contribution in [1.82, 2.24) is 0 Å². The monoisotopic (exact) mass is 400 g/mol. The fourth-order valence-corrected chi connectivity index (χ4v) is 5.60. The van der Waals surface area contributed by atoms with E-state index < -0.39 is 0 Å². The van der Waals surface area contributed by atoms with Crippen LogP contribution in [0.5, 0.6) is 0 Å². The summed E-state index contributed by atoms with van der Waals surface area (Å²) >= 11 is 0. The van der Waals surface area contributed by atoms with Gasteiger partial charge in [0.1, 0.15) is 0 Å². The average Bonchev–Trinajstić information content (AvgIpc) is 2.98. The highest BCUT2D eigenvalue weighted by molar-refractivity contribution is 6.26. The molecule has 0 atom stereocenters. The molecule has 0 amide bonds. The van der Waals surface area contributed by atoms with Crippen molar-refractivity contribution in [2.75, 3.05) is 0 Å². The van der Waals surface area contributed by atoms with E-state index in [1.807, 2.05) is 0 Å². The van der Waals surface area contributed by atoms with Crippen molar-refractivity contribution < 1.29 is 0 Å². The Labute approximate surface area is 184 Å². The Morgan fingerprint density at radius 2 is 1.00 bits per heavy atom. The minimum Gasteiger partial charge on any atom is -0.0616 e. The Morgan fingerprint density at radius 3 is 1.55 bits per heavy atom. The van der Waals surface area contributed by atoms with Crippen LogP contribution in [0.1, 0.15) is 51.3 Å². The van der Waals surface area contributed by atoms with Crippen LogP contribution in [0.25, 0.3) is 43.4 Å². The fourth-order valence-electron chi connectivity index (χ4n) is 5.60. The molecule has 0 heterocycles. The molecule has 0 bridgehead atoms.